The first-order valence-corrected chi connectivity index (χ1v) is 6.43. The lowest BCUT2D eigenvalue weighted by Crippen LogP contribution is -2.36. The van der Waals surface area contributed by atoms with Crippen molar-refractivity contribution in [3.63, 3.8) is 0 Å². The number of hydrogen-bond donors (Lipinski definition) is 0. The molecule has 0 bridgehead atoms. The van der Waals surface area contributed by atoms with Crippen LogP contribution in [0.25, 0.3) is 0 Å². The van der Waals surface area contributed by atoms with Gasteiger partial charge < -0.3 is 4.74 Å². The van der Waals surface area contributed by atoms with E-state index in [-0.39, 0.29) is 0 Å². The zero-order chi connectivity index (χ0) is 13.0. The number of esters is 1. The average molecular weight is 246 g/mol. The molecule has 0 amide bonds. The van der Waals surface area contributed by atoms with Gasteiger partial charge in [-0.05, 0) is 32.6 Å². The second-order valence-corrected chi connectivity index (χ2v) is 5.10. The summed E-state index contributed by atoms with van der Waals surface area (Å²) in [7, 11) is 0. The van der Waals surface area contributed by atoms with Gasteiger partial charge in [0.2, 0.25) is 0 Å². The quantitative estimate of drug-likeness (QED) is 0.467. The molecule has 1 aliphatic rings. The number of ketones is 1. The van der Waals surface area contributed by atoms with Crippen molar-refractivity contribution in [3.8, 4) is 0 Å². The summed E-state index contributed by atoms with van der Waals surface area (Å²) < 4.78 is 5.41. The molecule has 0 atom stereocenters. The van der Waals surface area contributed by atoms with Crippen LogP contribution in [0.5, 0.6) is 0 Å². The SMILES string of the molecule is CC1(OC(=O)C(=O)c2ccccc2)CCCCC1. The fraction of sp³-hybridized carbons (Fsp3) is 0.467. The molecule has 0 heterocycles. The van der Waals surface area contributed by atoms with Crippen molar-refractivity contribution < 1.29 is 14.3 Å². The third kappa shape index (κ3) is 2.97. The minimum Gasteiger partial charge on any atom is -0.453 e. The topological polar surface area (TPSA) is 43.4 Å². The van der Waals surface area contributed by atoms with Gasteiger partial charge in [0.25, 0.3) is 5.78 Å². The first kappa shape index (κ1) is 12.8. The van der Waals surface area contributed by atoms with Gasteiger partial charge in [-0.3, -0.25) is 4.79 Å². The molecule has 18 heavy (non-hydrogen) atoms. The fourth-order valence-corrected chi connectivity index (χ4v) is 2.38. The van der Waals surface area contributed by atoms with Crippen molar-refractivity contribution >= 4 is 11.8 Å². The molecular weight excluding hydrogens is 228 g/mol. The number of hydrogen-bond acceptors (Lipinski definition) is 3. The Hall–Kier alpha value is -1.64. The van der Waals surface area contributed by atoms with E-state index in [1.165, 1.54) is 6.42 Å². The van der Waals surface area contributed by atoms with Crippen LogP contribution in [0.1, 0.15) is 49.4 Å². The molecule has 1 aromatic rings. The van der Waals surface area contributed by atoms with Gasteiger partial charge in [0, 0.05) is 5.56 Å². The van der Waals surface area contributed by atoms with Gasteiger partial charge >= 0.3 is 5.97 Å². The number of benzene rings is 1. The molecule has 0 unspecified atom stereocenters. The van der Waals surface area contributed by atoms with Crippen molar-refractivity contribution in [2.45, 2.75) is 44.6 Å². The maximum Gasteiger partial charge on any atom is 0.380 e. The lowest BCUT2D eigenvalue weighted by Gasteiger charge is -2.32. The van der Waals surface area contributed by atoms with Crippen LogP contribution in [0.15, 0.2) is 30.3 Å². The van der Waals surface area contributed by atoms with E-state index in [4.69, 9.17) is 4.74 Å². The summed E-state index contributed by atoms with van der Waals surface area (Å²) in [5.41, 5.74) is -0.0679. The number of ether oxygens (including phenoxy) is 1. The zero-order valence-corrected chi connectivity index (χ0v) is 10.6. The highest BCUT2D eigenvalue weighted by atomic mass is 16.6. The van der Waals surface area contributed by atoms with E-state index in [2.05, 4.69) is 0 Å². The zero-order valence-electron chi connectivity index (χ0n) is 10.6. The molecule has 0 radical (unpaired) electrons. The standard InChI is InChI=1S/C15H18O3/c1-15(10-6-3-7-11-15)18-14(17)13(16)12-8-4-2-5-9-12/h2,4-5,8-9H,3,6-7,10-11H2,1H3. The van der Waals surface area contributed by atoms with E-state index in [1.54, 1.807) is 24.3 Å². The molecule has 3 nitrogen and oxygen atoms in total. The second kappa shape index (κ2) is 5.34. The lowest BCUT2D eigenvalue weighted by molar-refractivity contribution is -0.154. The number of Topliss-reactive ketones (excluding diaryl/α,β-unsaturated/α-hetero) is 1. The molecule has 0 aliphatic heterocycles. The minimum atomic E-state index is -0.731. The Balaban J connectivity index is 2.02. The number of carbonyl (C=O) groups is 2. The Labute approximate surface area is 107 Å². The number of rotatable bonds is 3. The summed E-state index contributed by atoms with van der Waals surface area (Å²) >= 11 is 0. The molecule has 0 aromatic heterocycles. The van der Waals surface area contributed by atoms with Crippen LogP contribution in [0.2, 0.25) is 0 Å². The Bertz CT molecular complexity index is 430. The van der Waals surface area contributed by atoms with Gasteiger partial charge in [-0.15, -0.1) is 0 Å². The highest BCUT2D eigenvalue weighted by Gasteiger charge is 2.33. The van der Waals surface area contributed by atoms with Crippen LogP contribution < -0.4 is 0 Å². The predicted octanol–water partition coefficient (Wildman–Crippen LogP) is 3.14. The van der Waals surface area contributed by atoms with Crippen molar-refractivity contribution in [2.75, 3.05) is 0 Å². The van der Waals surface area contributed by atoms with E-state index in [1.807, 2.05) is 13.0 Å². The summed E-state index contributed by atoms with van der Waals surface area (Å²) in [4.78, 5) is 23.7. The molecule has 1 fully saturated rings. The summed E-state index contributed by atoms with van der Waals surface area (Å²) in [6, 6.07) is 8.55. The Morgan fingerprint density at radius 1 is 1.06 bits per heavy atom. The van der Waals surface area contributed by atoms with E-state index >= 15 is 0 Å². The molecular formula is C15H18O3. The van der Waals surface area contributed by atoms with Crippen LogP contribution in [0.4, 0.5) is 0 Å². The van der Waals surface area contributed by atoms with Crippen molar-refractivity contribution in [3.05, 3.63) is 35.9 Å². The van der Waals surface area contributed by atoms with E-state index in [9.17, 15) is 9.59 Å². The van der Waals surface area contributed by atoms with Crippen LogP contribution in [0, 0.1) is 0 Å². The van der Waals surface area contributed by atoms with Gasteiger partial charge in [0.15, 0.2) is 0 Å². The van der Waals surface area contributed by atoms with Crippen molar-refractivity contribution in [2.24, 2.45) is 0 Å². The smallest absolute Gasteiger partial charge is 0.380 e. The normalized spacial score (nSPS) is 18.1. The van der Waals surface area contributed by atoms with Crippen molar-refractivity contribution in [1.82, 2.24) is 0 Å². The molecule has 1 aromatic carbocycles. The Morgan fingerprint density at radius 2 is 1.67 bits per heavy atom. The third-order valence-corrected chi connectivity index (χ3v) is 3.47. The molecule has 1 aliphatic carbocycles. The van der Waals surface area contributed by atoms with Crippen LogP contribution in [-0.2, 0) is 9.53 Å². The molecule has 2 rings (SSSR count). The maximum absolute atomic E-state index is 11.9. The fourth-order valence-electron chi connectivity index (χ4n) is 2.38. The van der Waals surface area contributed by atoms with E-state index < -0.39 is 17.4 Å². The van der Waals surface area contributed by atoms with E-state index in [0.717, 1.165) is 25.7 Å². The van der Waals surface area contributed by atoms with Gasteiger partial charge in [0.05, 0.1) is 0 Å². The van der Waals surface area contributed by atoms with Crippen LogP contribution in [-0.4, -0.2) is 17.4 Å². The highest BCUT2D eigenvalue weighted by molar-refractivity contribution is 6.40. The van der Waals surface area contributed by atoms with Gasteiger partial charge in [-0.1, -0.05) is 36.8 Å². The van der Waals surface area contributed by atoms with Crippen LogP contribution in [0.3, 0.4) is 0 Å². The largest absolute Gasteiger partial charge is 0.453 e. The Morgan fingerprint density at radius 3 is 2.28 bits per heavy atom. The first-order valence-electron chi connectivity index (χ1n) is 6.43. The second-order valence-electron chi connectivity index (χ2n) is 5.10. The van der Waals surface area contributed by atoms with E-state index in [0.29, 0.717) is 5.56 Å². The molecule has 1 saturated carbocycles. The average Bonchev–Trinajstić information content (AvgIpc) is 2.39. The highest BCUT2D eigenvalue weighted by Crippen LogP contribution is 2.31. The predicted molar refractivity (Wildman–Crippen MR) is 68.4 cm³/mol. The molecule has 96 valence electrons. The first-order chi connectivity index (χ1) is 8.61. The minimum absolute atomic E-state index is 0.391. The molecule has 0 N–H and O–H groups in total. The van der Waals surface area contributed by atoms with Gasteiger partial charge in [-0.25, -0.2) is 4.79 Å². The lowest BCUT2D eigenvalue weighted by atomic mass is 9.86. The molecule has 3 heteroatoms. The molecule has 0 spiro atoms. The van der Waals surface area contributed by atoms with Gasteiger partial charge in [0.1, 0.15) is 5.60 Å². The number of carbonyl (C=O) groups excluding carboxylic acids is 2. The van der Waals surface area contributed by atoms with Gasteiger partial charge in [-0.2, -0.15) is 0 Å². The summed E-state index contributed by atoms with van der Waals surface area (Å²) in [5, 5.41) is 0. The monoisotopic (exact) mass is 246 g/mol. The van der Waals surface area contributed by atoms with Crippen LogP contribution >= 0.6 is 0 Å². The summed E-state index contributed by atoms with van der Waals surface area (Å²) in [6.45, 7) is 1.92. The summed E-state index contributed by atoms with van der Waals surface area (Å²) in [6.07, 6.45) is 4.99. The maximum atomic E-state index is 11.9. The Kier molecular flexibility index (Phi) is 3.80. The summed E-state index contributed by atoms with van der Waals surface area (Å²) in [5.74, 6) is -1.28. The molecule has 0 saturated heterocycles. The third-order valence-electron chi connectivity index (χ3n) is 3.47. The van der Waals surface area contributed by atoms with Crippen molar-refractivity contribution in [1.29, 1.82) is 0 Å².